The molecule has 3 heterocycles. The van der Waals surface area contributed by atoms with E-state index in [9.17, 15) is 8.42 Å². The van der Waals surface area contributed by atoms with Gasteiger partial charge in [-0.3, -0.25) is 4.99 Å². The molecule has 1 unspecified atom stereocenters. The Bertz CT molecular complexity index is 1100. The van der Waals surface area contributed by atoms with E-state index in [4.69, 9.17) is 10.5 Å². The lowest BCUT2D eigenvalue weighted by molar-refractivity contribution is -0.0529. The van der Waals surface area contributed by atoms with Crippen molar-refractivity contribution in [3.8, 4) is 0 Å². The molecule has 0 saturated carbocycles. The maximum absolute atomic E-state index is 13.3. The van der Waals surface area contributed by atoms with Crippen LogP contribution in [0.25, 0.3) is 5.82 Å². The van der Waals surface area contributed by atoms with Crippen LogP contribution in [0.1, 0.15) is 20.8 Å². The fourth-order valence-electron chi connectivity index (χ4n) is 3.88. The SMILES string of the molecule is CC1N=c2c(S(=O)(=O)c3ccccc3)c(N)[nH]c2=C(N2C[C@@H](C)O[C@@H](C)C2)N1. The smallest absolute Gasteiger partial charge is 0.212 e. The van der Waals surface area contributed by atoms with Gasteiger partial charge in [0.1, 0.15) is 33.4 Å². The van der Waals surface area contributed by atoms with Crippen LogP contribution in [0.5, 0.6) is 0 Å². The topological polar surface area (TPSA) is 113 Å². The predicted octanol–water partition coefficient (Wildman–Crippen LogP) is 0.173. The summed E-state index contributed by atoms with van der Waals surface area (Å²) in [4.78, 5) is 10.0. The molecule has 1 fully saturated rings. The van der Waals surface area contributed by atoms with Gasteiger partial charge in [-0.15, -0.1) is 0 Å². The van der Waals surface area contributed by atoms with Crippen molar-refractivity contribution >= 4 is 21.5 Å². The third-order valence-electron chi connectivity index (χ3n) is 4.92. The van der Waals surface area contributed by atoms with Gasteiger partial charge in [-0.05, 0) is 32.9 Å². The molecule has 0 aliphatic carbocycles. The molecule has 2 aliphatic rings. The van der Waals surface area contributed by atoms with Gasteiger partial charge in [-0.2, -0.15) is 0 Å². The number of hydrogen-bond donors (Lipinski definition) is 3. The maximum Gasteiger partial charge on any atom is 0.212 e. The maximum atomic E-state index is 13.3. The Balaban J connectivity index is 1.93. The fourth-order valence-corrected chi connectivity index (χ4v) is 5.38. The third-order valence-corrected chi connectivity index (χ3v) is 6.76. The molecule has 9 heteroatoms. The van der Waals surface area contributed by atoms with E-state index in [1.807, 2.05) is 20.8 Å². The van der Waals surface area contributed by atoms with Crippen molar-refractivity contribution in [2.45, 2.75) is 48.9 Å². The van der Waals surface area contributed by atoms with Gasteiger partial charge < -0.3 is 25.7 Å². The number of benzene rings is 1. The number of nitrogens with one attached hydrogen (secondary N) is 2. The Hall–Kier alpha value is -2.52. The number of morpholine rings is 1. The predicted molar refractivity (Wildman–Crippen MR) is 105 cm³/mol. The summed E-state index contributed by atoms with van der Waals surface area (Å²) in [5, 5.41) is 4.34. The van der Waals surface area contributed by atoms with Crippen molar-refractivity contribution in [2.75, 3.05) is 18.8 Å². The molecule has 28 heavy (non-hydrogen) atoms. The molecule has 1 aromatic heterocycles. The van der Waals surface area contributed by atoms with E-state index in [0.29, 0.717) is 23.8 Å². The second kappa shape index (κ2) is 6.82. The lowest BCUT2D eigenvalue weighted by Gasteiger charge is -2.39. The Morgan fingerprint density at radius 3 is 2.43 bits per heavy atom. The zero-order valence-electron chi connectivity index (χ0n) is 16.1. The van der Waals surface area contributed by atoms with Gasteiger partial charge in [0.2, 0.25) is 9.84 Å². The van der Waals surface area contributed by atoms with E-state index >= 15 is 0 Å². The van der Waals surface area contributed by atoms with Crippen LogP contribution < -0.4 is 21.8 Å². The molecule has 4 N–H and O–H groups in total. The van der Waals surface area contributed by atoms with Crippen molar-refractivity contribution < 1.29 is 13.2 Å². The number of nitrogen functional groups attached to an aromatic ring is 1. The van der Waals surface area contributed by atoms with E-state index in [0.717, 1.165) is 5.82 Å². The number of nitrogens with zero attached hydrogens (tertiary/aromatic N) is 2. The molecule has 1 aromatic carbocycles. The first kappa shape index (κ1) is 18.8. The molecule has 1 saturated heterocycles. The van der Waals surface area contributed by atoms with Crippen LogP contribution in [0.15, 0.2) is 45.1 Å². The van der Waals surface area contributed by atoms with Gasteiger partial charge in [0, 0.05) is 13.1 Å². The number of fused-ring (bicyclic) bond motifs is 1. The lowest BCUT2D eigenvalue weighted by Crippen LogP contribution is -2.53. The molecule has 4 rings (SSSR count). The van der Waals surface area contributed by atoms with Crippen molar-refractivity contribution in [1.82, 2.24) is 15.2 Å². The van der Waals surface area contributed by atoms with Crippen LogP contribution in [0.3, 0.4) is 0 Å². The molecule has 2 aliphatic heterocycles. The molecular weight excluding hydrogens is 378 g/mol. The van der Waals surface area contributed by atoms with E-state index in [1.165, 1.54) is 0 Å². The number of aromatic amines is 1. The number of sulfone groups is 1. The number of rotatable bonds is 3. The summed E-state index contributed by atoms with van der Waals surface area (Å²) in [5.74, 6) is 0.904. The lowest BCUT2D eigenvalue weighted by atomic mass is 10.2. The molecule has 0 radical (unpaired) electrons. The normalized spacial score (nSPS) is 25.0. The number of ether oxygens (including phenoxy) is 1. The Kier molecular flexibility index (Phi) is 4.59. The van der Waals surface area contributed by atoms with E-state index in [2.05, 4.69) is 20.2 Å². The highest BCUT2D eigenvalue weighted by Crippen LogP contribution is 2.22. The molecule has 0 amide bonds. The summed E-state index contributed by atoms with van der Waals surface area (Å²) >= 11 is 0. The van der Waals surface area contributed by atoms with Crippen molar-refractivity contribution in [3.05, 3.63) is 41.0 Å². The van der Waals surface area contributed by atoms with Crippen LogP contribution in [0.4, 0.5) is 5.82 Å². The van der Waals surface area contributed by atoms with Gasteiger partial charge in [0.15, 0.2) is 0 Å². The molecule has 150 valence electrons. The molecule has 0 bridgehead atoms. The summed E-state index contributed by atoms with van der Waals surface area (Å²) in [6, 6.07) is 8.29. The van der Waals surface area contributed by atoms with Crippen LogP contribution in [-0.2, 0) is 14.6 Å². The van der Waals surface area contributed by atoms with Gasteiger partial charge in [-0.1, -0.05) is 18.2 Å². The Morgan fingerprint density at radius 1 is 1.14 bits per heavy atom. The molecule has 8 nitrogen and oxygen atoms in total. The summed E-state index contributed by atoms with van der Waals surface area (Å²) in [5.41, 5.74) is 6.16. The second-order valence-electron chi connectivity index (χ2n) is 7.37. The summed E-state index contributed by atoms with van der Waals surface area (Å²) in [6.45, 7) is 7.32. The Morgan fingerprint density at radius 2 is 1.79 bits per heavy atom. The summed E-state index contributed by atoms with van der Waals surface area (Å²) < 4.78 is 32.3. The van der Waals surface area contributed by atoms with E-state index in [1.54, 1.807) is 30.3 Å². The minimum atomic E-state index is -3.80. The van der Waals surface area contributed by atoms with Crippen molar-refractivity contribution in [3.63, 3.8) is 0 Å². The molecule has 2 aromatic rings. The zero-order chi connectivity index (χ0) is 20.1. The number of aromatic nitrogens is 1. The number of anilines is 1. The second-order valence-corrected chi connectivity index (χ2v) is 9.25. The largest absolute Gasteiger partial charge is 0.384 e. The first-order valence-electron chi connectivity index (χ1n) is 9.34. The van der Waals surface area contributed by atoms with Crippen molar-refractivity contribution in [2.24, 2.45) is 4.99 Å². The van der Waals surface area contributed by atoms with Crippen LogP contribution in [0, 0.1) is 0 Å². The highest BCUT2D eigenvalue weighted by molar-refractivity contribution is 7.91. The highest BCUT2D eigenvalue weighted by Gasteiger charge is 2.31. The van der Waals surface area contributed by atoms with Gasteiger partial charge >= 0.3 is 0 Å². The van der Waals surface area contributed by atoms with Gasteiger partial charge in [0.25, 0.3) is 0 Å². The Labute approximate surface area is 164 Å². The average molecular weight is 404 g/mol. The standard InChI is InChI=1S/C19H25N5O3S/c1-11-9-24(10-12(2)27-11)19-16-15(21-13(3)22-19)17(18(20)23-16)28(25,26)14-7-5-4-6-8-14/h4-8,11-13,22-23H,9-10,20H2,1-3H3/t11-,12+,13?. The summed E-state index contributed by atoms with van der Waals surface area (Å²) in [6.07, 6.45) is -0.151. The molecule has 3 atom stereocenters. The monoisotopic (exact) mass is 403 g/mol. The average Bonchev–Trinajstić information content (AvgIpc) is 2.97. The summed E-state index contributed by atoms with van der Waals surface area (Å²) in [7, 11) is -3.80. The quantitative estimate of drug-likeness (QED) is 0.674. The zero-order valence-corrected chi connectivity index (χ0v) is 17.0. The van der Waals surface area contributed by atoms with Crippen molar-refractivity contribution in [1.29, 1.82) is 0 Å². The minimum Gasteiger partial charge on any atom is -0.384 e. The fraction of sp³-hybridized carbons (Fsp3) is 0.421. The van der Waals surface area contributed by atoms with E-state index < -0.39 is 9.84 Å². The van der Waals surface area contributed by atoms with Gasteiger partial charge in [-0.25, -0.2) is 8.42 Å². The highest BCUT2D eigenvalue weighted by atomic mass is 32.2. The van der Waals surface area contributed by atoms with E-state index in [-0.39, 0.29) is 34.0 Å². The number of H-pyrrole nitrogens is 1. The molecular formula is C19H25N5O3S. The van der Waals surface area contributed by atoms with Crippen LogP contribution >= 0.6 is 0 Å². The minimum absolute atomic E-state index is 0.0360. The van der Waals surface area contributed by atoms with Crippen LogP contribution in [0.2, 0.25) is 0 Å². The first-order valence-corrected chi connectivity index (χ1v) is 10.8. The first-order chi connectivity index (χ1) is 13.3. The number of hydrogen-bond acceptors (Lipinski definition) is 7. The molecule has 0 spiro atoms. The van der Waals surface area contributed by atoms with Gasteiger partial charge in [0.05, 0.1) is 17.1 Å². The number of nitrogens with two attached hydrogens (primary N) is 1. The van der Waals surface area contributed by atoms with Crippen LogP contribution in [-0.4, -0.2) is 49.8 Å². The third kappa shape index (κ3) is 3.14.